The van der Waals surface area contributed by atoms with Crippen molar-refractivity contribution in [1.82, 2.24) is 10.2 Å². The summed E-state index contributed by atoms with van der Waals surface area (Å²) >= 11 is 5.77. The predicted molar refractivity (Wildman–Crippen MR) is 106 cm³/mol. The van der Waals surface area contributed by atoms with Gasteiger partial charge < -0.3 is 25.8 Å². The van der Waals surface area contributed by atoms with E-state index in [-0.39, 0.29) is 37.2 Å². The van der Waals surface area contributed by atoms with Crippen LogP contribution in [0.1, 0.15) is 22.0 Å². The van der Waals surface area contributed by atoms with Gasteiger partial charge in [-0.1, -0.05) is 29.8 Å². The van der Waals surface area contributed by atoms with Crippen LogP contribution < -0.4 is 11.1 Å². The molecule has 0 unspecified atom stereocenters. The van der Waals surface area contributed by atoms with Crippen LogP contribution in [0.4, 0.5) is 14.9 Å². The Hall–Kier alpha value is -2.84. The summed E-state index contributed by atoms with van der Waals surface area (Å²) < 4.78 is 19.8. The summed E-state index contributed by atoms with van der Waals surface area (Å²) in [6, 6.07) is 11.0. The predicted octanol–water partition coefficient (Wildman–Crippen LogP) is 3.16. The number of nitrogen functional groups attached to an aromatic ring is 1. The van der Waals surface area contributed by atoms with E-state index in [0.717, 1.165) is 0 Å². The summed E-state index contributed by atoms with van der Waals surface area (Å²) in [4.78, 5) is 25.2. The Labute approximate surface area is 172 Å². The molecule has 2 amide bonds. The molecule has 2 aromatic carbocycles. The molecule has 0 aromatic heterocycles. The van der Waals surface area contributed by atoms with Crippen molar-refractivity contribution < 1.29 is 23.8 Å². The first-order valence-corrected chi connectivity index (χ1v) is 9.41. The van der Waals surface area contributed by atoms with Crippen molar-refractivity contribution in [2.24, 2.45) is 5.92 Å². The fourth-order valence-corrected chi connectivity index (χ4v) is 3.44. The molecule has 9 heteroatoms. The molecule has 3 rings (SSSR count). The fraction of sp³-hybridized carbons (Fsp3) is 0.300. The number of para-hydroxylation sites is 1. The smallest absolute Gasteiger partial charge is 0.407 e. The van der Waals surface area contributed by atoms with E-state index in [1.165, 1.54) is 17.0 Å². The third-order valence-electron chi connectivity index (χ3n) is 4.81. The third-order valence-corrected chi connectivity index (χ3v) is 5.12. The van der Waals surface area contributed by atoms with Gasteiger partial charge >= 0.3 is 6.09 Å². The maximum Gasteiger partial charge on any atom is 0.407 e. The van der Waals surface area contributed by atoms with Crippen LogP contribution >= 0.6 is 11.6 Å². The number of nitrogens with one attached hydrogen (secondary N) is 1. The molecule has 1 saturated heterocycles. The summed E-state index contributed by atoms with van der Waals surface area (Å²) in [7, 11) is 0. The molecule has 1 fully saturated rings. The normalized spacial score (nSPS) is 19.4. The lowest BCUT2D eigenvalue weighted by molar-refractivity contribution is 0.0303. The summed E-state index contributed by atoms with van der Waals surface area (Å²) in [5, 5.41) is 12.2. The van der Waals surface area contributed by atoms with Crippen LogP contribution in [0.5, 0.6) is 0 Å². The second-order valence-corrected chi connectivity index (χ2v) is 7.16. The van der Waals surface area contributed by atoms with Gasteiger partial charge in [0.15, 0.2) is 0 Å². The Bertz CT molecular complexity index is 911. The van der Waals surface area contributed by atoms with Crippen molar-refractivity contribution >= 4 is 29.3 Å². The van der Waals surface area contributed by atoms with E-state index in [4.69, 9.17) is 22.1 Å². The van der Waals surface area contributed by atoms with Crippen molar-refractivity contribution in [3.05, 3.63) is 64.4 Å². The maximum atomic E-state index is 14.0. The molecule has 2 atom stereocenters. The molecule has 154 valence electrons. The Morgan fingerprint density at radius 2 is 2.07 bits per heavy atom. The van der Waals surface area contributed by atoms with Gasteiger partial charge in [-0.25, -0.2) is 9.18 Å². The van der Waals surface area contributed by atoms with E-state index in [1.54, 1.807) is 30.3 Å². The quantitative estimate of drug-likeness (QED) is 0.658. The van der Waals surface area contributed by atoms with E-state index >= 15 is 0 Å². The van der Waals surface area contributed by atoms with Crippen LogP contribution in [0, 0.1) is 11.7 Å². The largest absolute Gasteiger partial charge is 0.465 e. The lowest BCUT2D eigenvalue weighted by Gasteiger charge is -2.27. The summed E-state index contributed by atoms with van der Waals surface area (Å²) in [6.07, 6.45) is -1.69. The number of hydrogen-bond acceptors (Lipinski definition) is 4. The van der Waals surface area contributed by atoms with Gasteiger partial charge in [0.05, 0.1) is 23.3 Å². The molecule has 1 aliphatic heterocycles. The van der Waals surface area contributed by atoms with Crippen molar-refractivity contribution in [3.8, 4) is 0 Å². The fourth-order valence-electron chi connectivity index (χ4n) is 3.32. The molecule has 1 aliphatic rings. The zero-order valence-corrected chi connectivity index (χ0v) is 16.2. The molecule has 0 bridgehead atoms. The number of benzene rings is 2. The van der Waals surface area contributed by atoms with Crippen LogP contribution in [0.25, 0.3) is 0 Å². The van der Waals surface area contributed by atoms with Gasteiger partial charge in [-0.3, -0.25) is 4.79 Å². The van der Waals surface area contributed by atoms with E-state index in [0.29, 0.717) is 16.8 Å². The second-order valence-electron chi connectivity index (χ2n) is 6.75. The molecule has 4 N–H and O–H groups in total. The van der Waals surface area contributed by atoms with E-state index in [9.17, 15) is 19.1 Å². The highest BCUT2D eigenvalue weighted by Crippen LogP contribution is 2.31. The minimum Gasteiger partial charge on any atom is -0.465 e. The number of carbonyl (C=O) groups excluding carboxylic acids is 1. The Balaban J connectivity index is 1.82. The Morgan fingerprint density at radius 3 is 2.76 bits per heavy atom. The molecule has 0 spiro atoms. The maximum absolute atomic E-state index is 14.0. The first-order valence-electron chi connectivity index (χ1n) is 9.04. The molecule has 1 heterocycles. The second kappa shape index (κ2) is 9.11. The molecule has 0 saturated carbocycles. The number of nitrogens with two attached hydrogens (primary N) is 1. The molecular weight excluding hydrogens is 401 g/mol. The lowest BCUT2D eigenvalue weighted by atomic mass is 9.94. The number of nitrogens with zero attached hydrogens (tertiary/aromatic N) is 1. The summed E-state index contributed by atoms with van der Waals surface area (Å²) in [5.74, 6) is -1.41. The molecule has 2 aromatic rings. The van der Waals surface area contributed by atoms with Crippen molar-refractivity contribution in [2.75, 3.05) is 32.0 Å². The van der Waals surface area contributed by atoms with Gasteiger partial charge in [-0.2, -0.15) is 0 Å². The highest BCUT2D eigenvalue weighted by molar-refractivity contribution is 6.30. The molecule has 29 heavy (non-hydrogen) atoms. The van der Waals surface area contributed by atoms with Gasteiger partial charge in [0.25, 0.3) is 5.91 Å². The SMILES string of the molecule is Nc1ccccc1C(=O)NC[C@@H]1CN(C(=O)O)CCO[C@H]1c1ccc(Cl)c(F)c1. The summed E-state index contributed by atoms with van der Waals surface area (Å²) in [5.41, 5.74) is 7.03. The number of amides is 2. The number of ether oxygens (including phenoxy) is 1. The van der Waals surface area contributed by atoms with E-state index in [1.807, 2.05) is 0 Å². The lowest BCUT2D eigenvalue weighted by Crippen LogP contribution is -2.40. The topological polar surface area (TPSA) is 105 Å². The highest BCUT2D eigenvalue weighted by Gasteiger charge is 2.32. The monoisotopic (exact) mass is 421 g/mol. The minimum atomic E-state index is -1.08. The van der Waals surface area contributed by atoms with Gasteiger partial charge in [0, 0.05) is 31.2 Å². The van der Waals surface area contributed by atoms with Crippen LogP contribution in [-0.4, -0.2) is 48.2 Å². The van der Waals surface area contributed by atoms with Crippen molar-refractivity contribution in [3.63, 3.8) is 0 Å². The highest BCUT2D eigenvalue weighted by atomic mass is 35.5. The number of rotatable bonds is 4. The van der Waals surface area contributed by atoms with Crippen molar-refractivity contribution in [1.29, 1.82) is 0 Å². The Kier molecular flexibility index (Phi) is 6.56. The van der Waals surface area contributed by atoms with Gasteiger partial charge in [-0.15, -0.1) is 0 Å². The van der Waals surface area contributed by atoms with Gasteiger partial charge in [0.2, 0.25) is 0 Å². The standard InChI is InChI=1S/C20H21ClFN3O4/c21-15-6-5-12(9-16(15)22)18-13(11-25(20(27)28)7-8-29-18)10-24-19(26)14-3-1-2-4-17(14)23/h1-6,9,13,18H,7-8,10-11,23H2,(H,24,26)(H,27,28)/t13-,18+/m1/s1. The molecular formula is C20H21ClFN3O4. The van der Waals surface area contributed by atoms with Crippen LogP contribution in [0.15, 0.2) is 42.5 Å². The zero-order valence-electron chi connectivity index (χ0n) is 15.5. The van der Waals surface area contributed by atoms with Crippen LogP contribution in [0.3, 0.4) is 0 Å². The minimum absolute atomic E-state index is 0.0149. The van der Waals surface area contributed by atoms with E-state index < -0.39 is 23.9 Å². The molecule has 0 aliphatic carbocycles. The number of carbonyl (C=O) groups is 2. The van der Waals surface area contributed by atoms with Crippen LogP contribution in [-0.2, 0) is 4.74 Å². The first-order chi connectivity index (χ1) is 13.9. The average molecular weight is 422 g/mol. The van der Waals surface area contributed by atoms with Crippen LogP contribution in [0.2, 0.25) is 5.02 Å². The first kappa shape index (κ1) is 20.9. The Morgan fingerprint density at radius 1 is 1.31 bits per heavy atom. The van der Waals surface area contributed by atoms with Gasteiger partial charge in [-0.05, 0) is 29.8 Å². The van der Waals surface area contributed by atoms with Gasteiger partial charge in [0.1, 0.15) is 5.82 Å². The average Bonchev–Trinajstić information content (AvgIpc) is 2.91. The van der Waals surface area contributed by atoms with Crippen molar-refractivity contribution in [2.45, 2.75) is 6.10 Å². The summed E-state index contributed by atoms with van der Waals surface area (Å²) in [6.45, 7) is 0.565. The number of halogens is 2. The number of anilines is 1. The number of hydrogen-bond donors (Lipinski definition) is 3. The number of carboxylic acid groups (broad SMARTS) is 1. The third kappa shape index (κ3) is 4.96. The van der Waals surface area contributed by atoms with E-state index in [2.05, 4.69) is 5.32 Å². The molecule has 0 radical (unpaired) electrons. The molecule has 7 nitrogen and oxygen atoms in total. The zero-order chi connectivity index (χ0) is 21.0.